The van der Waals surface area contributed by atoms with Crippen molar-refractivity contribution in [2.24, 2.45) is 0 Å². The number of rotatable bonds is 6. The number of nitrogens with one attached hydrogen (secondary N) is 1. The number of ether oxygens (including phenoxy) is 1. The maximum Gasteiger partial charge on any atom is 0.416 e. The van der Waals surface area contributed by atoms with Crippen LogP contribution >= 0.6 is 0 Å². The zero-order chi connectivity index (χ0) is 21.1. The molecule has 0 aliphatic carbocycles. The normalized spacial score (nSPS) is 12.7. The van der Waals surface area contributed by atoms with Crippen molar-refractivity contribution in [3.63, 3.8) is 0 Å². The molecule has 1 aromatic heterocycles. The quantitative estimate of drug-likeness (QED) is 0.749. The van der Waals surface area contributed by atoms with Crippen molar-refractivity contribution >= 4 is 17.6 Å². The first-order valence-electron chi connectivity index (χ1n) is 8.39. The van der Waals surface area contributed by atoms with Gasteiger partial charge in [0.15, 0.2) is 0 Å². The molecule has 28 heavy (non-hydrogen) atoms. The van der Waals surface area contributed by atoms with Crippen LogP contribution in [0.15, 0.2) is 34.7 Å². The molecule has 0 radical (unpaired) electrons. The Morgan fingerprint density at radius 2 is 1.86 bits per heavy atom. The lowest BCUT2D eigenvalue weighted by Gasteiger charge is -2.23. The summed E-state index contributed by atoms with van der Waals surface area (Å²) >= 11 is 0. The Morgan fingerprint density at radius 3 is 2.39 bits per heavy atom. The number of benzene rings is 1. The summed E-state index contributed by atoms with van der Waals surface area (Å²) in [5, 5.41) is 2.58. The average Bonchev–Trinajstić information content (AvgIpc) is 3.00. The minimum absolute atomic E-state index is 0.249. The molecule has 0 aliphatic rings. The summed E-state index contributed by atoms with van der Waals surface area (Å²) in [5.41, 5.74) is -0.210. The van der Waals surface area contributed by atoms with Gasteiger partial charge >= 0.3 is 12.1 Å². The minimum Gasteiger partial charge on any atom is -0.465 e. The first kappa shape index (κ1) is 21.5. The lowest BCUT2D eigenvalue weighted by Crippen LogP contribution is -2.39. The smallest absolute Gasteiger partial charge is 0.416 e. The van der Waals surface area contributed by atoms with E-state index in [1.807, 2.05) is 0 Å². The molecular weight excluding hydrogens is 377 g/mol. The molecule has 2 rings (SSSR count). The third-order valence-electron chi connectivity index (χ3n) is 4.30. The molecule has 0 fully saturated rings. The number of alkyl halides is 3. The number of nitrogens with zero attached hydrogens (tertiary/aromatic N) is 1. The molecule has 1 aromatic carbocycles. The number of halogens is 3. The van der Waals surface area contributed by atoms with Crippen LogP contribution in [0, 0.1) is 6.92 Å². The number of anilines is 1. The second-order valence-corrected chi connectivity index (χ2v) is 6.33. The van der Waals surface area contributed by atoms with E-state index in [-0.39, 0.29) is 12.2 Å². The van der Waals surface area contributed by atoms with Crippen molar-refractivity contribution in [2.45, 2.75) is 32.6 Å². The Bertz CT molecular complexity index is 844. The standard InChI is InChI=1S/C19H21F3N2O4/c1-11(17(25)23-14-7-5-13(6-8-14)19(20,21)22)24(3)10-15-9-16(12(2)28-15)18(26)27-4/h5-9,11H,10H2,1-4H3,(H,23,25). The van der Waals surface area contributed by atoms with E-state index in [4.69, 9.17) is 4.42 Å². The molecule has 9 heteroatoms. The van der Waals surface area contributed by atoms with Crippen molar-refractivity contribution in [1.82, 2.24) is 4.90 Å². The fraction of sp³-hybridized carbons (Fsp3) is 0.368. The van der Waals surface area contributed by atoms with Gasteiger partial charge in [0, 0.05) is 5.69 Å². The molecule has 1 atom stereocenters. The number of hydrogen-bond donors (Lipinski definition) is 1. The summed E-state index contributed by atoms with van der Waals surface area (Å²) in [5.74, 6) is -0.00587. The van der Waals surface area contributed by atoms with E-state index >= 15 is 0 Å². The summed E-state index contributed by atoms with van der Waals surface area (Å²) in [6.07, 6.45) is -4.43. The van der Waals surface area contributed by atoms with Crippen LogP contribution in [0.2, 0.25) is 0 Å². The first-order chi connectivity index (χ1) is 13.0. The van der Waals surface area contributed by atoms with E-state index in [9.17, 15) is 22.8 Å². The van der Waals surface area contributed by atoms with Gasteiger partial charge in [-0.05, 0) is 51.2 Å². The summed E-state index contributed by atoms with van der Waals surface area (Å²) in [6, 6.07) is 5.17. The predicted octanol–water partition coefficient (Wildman–Crippen LogP) is 3.85. The largest absolute Gasteiger partial charge is 0.465 e. The third-order valence-corrected chi connectivity index (χ3v) is 4.30. The number of likely N-dealkylation sites (N-methyl/N-ethyl adjacent to an activating group) is 1. The SMILES string of the molecule is COC(=O)c1cc(CN(C)C(C)C(=O)Nc2ccc(C(F)(F)F)cc2)oc1C. The van der Waals surface area contributed by atoms with Crippen LogP contribution in [-0.4, -0.2) is 37.0 Å². The molecule has 0 aliphatic heterocycles. The summed E-state index contributed by atoms with van der Waals surface area (Å²) < 4.78 is 48.0. The van der Waals surface area contributed by atoms with Gasteiger partial charge in [-0.1, -0.05) is 0 Å². The number of carbonyl (C=O) groups is 2. The maximum absolute atomic E-state index is 12.6. The van der Waals surface area contributed by atoms with E-state index in [1.54, 1.807) is 31.9 Å². The van der Waals surface area contributed by atoms with Crippen LogP contribution in [0.5, 0.6) is 0 Å². The van der Waals surface area contributed by atoms with Crippen LogP contribution in [0.25, 0.3) is 0 Å². The van der Waals surface area contributed by atoms with Gasteiger partial charge in [-0.25, -0.2) is 4.79 Å². The van der Waals surface area contributed by atoms with Crippen LogP contribution in [0.4, 0.5) is 18.9 Å². The third kappa shape index (κ3) is 5.13. The lowest BCUT2D eigenvalue weighted by molar-refractivity contribution is -0.137. The molecule has 152 valence electrons. The van der Waals surface area contributed by atoms with E-state index in [0.717, 1.165) is 12.1 Å². The zero-order valence-electron chi connectivity index (χ0n) is 15.9. The Labute approximate surface area is 160 Å². The van der Waals surface area contributed by atoms with E-state index in [2.05, 4.69) is 10.1 Å². The Hall–Kier alpha value is -2.81. The topological polar surface area (TPSA) is 71.8 Å². The van der Waals surface area contributed by atoms with Gasteiger partial charge in [0.25, 0.3) is 0 Å². The van der Waals surface area contributed by atoms with Crippen LogP contribution in [-0.2, 0) is 22.3 Å². The molecule has 0 saturated heterocycles. The zero-order valence-corrected chi connectivity index (χ0v) is 15.9. The van der Waals surface area contributed by atoms with Crippen molar-refractivity contribution in [1.29, 1.82) is 0 Å². The van der Waals surface area contributed by atoms with Crippen LogP contribution in [0.1, 0.15) is 34.4 Å². The number of aryl methyl sites for hydroxylation is 1. The van der Waals surface area contributed by atoms with Crippen molar-refractivity contribution < 1.29 is 31.9 Å². The molecule has 0 bridgehead atoms. The van der Waals surface area contributed by atoms with Gasteiger partial charge in [0.1, 0.15) is 17.1 Å². The minimum atomic E-state index is -4.43. The van der Waals surface area contributed by atoms with Gasteiger partial charge < -0.3 is 14.5 Å². The predicted molar refractivity (Wildman–Crippen MR) is 95.8 cm³/mol. The van der Waals surface area contributed by atoms with Crippen molar-refractivity contribution in [3.05, 3.63) is 53.0 Å². The van der Waals surface area contributed by atoms with Gasteiger partial charge in [-0.2, -0.15) is 13.2 Å². The summed E-state index contributed by atoms with van der Waals surface area (Å²) in [4.78, 5) is 25.7. The van der Waals surface area contributed by atoms with E-state index < -0.39 is 29.7 Å². The molecule has 0 saturated carbocycles. The maximum atomic E-state index is 12.6. The van der Waals surface area contributed by atoms with Crippen LogP contribution in [0.3, 0.4) is 0 Å². The first-order valence-corrected chi connectivity index (χ1v) is 8.39. The summed E-state index contributed by atoms with van der Waals surface area (Å²) in [6.45, 7) is 3.53. The number of furan rings is 1. The fourth-order valence-electron chi connectivity index (χ4n) is 2.51. The van der Waals surface area contributed by atoms with Gasteiger partial charge in [0.2, 0.25) is 5.91 Å². The highest BCUT2D eigenvalue weighted by atomic mass is 19.4. The molecule has 1 amide bonds. The molecular formula is C19H21F3N2O4. The Balaban J connectivity index is 2.00. The van der Waals surface area contributed by atoms with E-state index in [0.29, 0.717) is 17.1 Å². The highest BCUT2D eigenvalue weighted by Gasteiger charge is 2.30. The van der Waals surface area contributed by atoms with Gasteiger partial charge in [-0.15, -0.1) is 0 Å². The van der Waals surface area contributed by atoms with Crippen molar-refractivity contribution in [2.75, 3.05) is 19.5 Å². The monoisotopic (exact) mass is 398 g/mol. The highest BCUT2D eigenvalue weighted by molar-refractivity contribution is 5.94. The molecule has 1 unspecified atom stereocenters. The van der Waals surface area contributed by atoms with Gasteiger partial charge in [0.05, 0.1) is 25.3 Å². The lowest BCUT2D eigenvalue weighted by atomic mass is 10.2. The Morgan fingerprint density at radius 1 is 1.25 bits per heavy atom. The molecule has 6 nitrogen and oxygen atoms in total. The number of hydrogen-bond acceptors (Lipinski definition) is 5. The second-order valence-electron chi connectivity index (χ2n) is 6.33. The Kier molecular flexibility index (Phi) is 6.50. The molecule has 1 heterocycles. The number of carbonyl (C=O) groups excluding carboxylic acids is 2. The summed E-state index contributed by atoms with van der Waals surface area (Å²) in [7, 11) is 2.96. The highest BCUT2D eigenvalue weighted by Crippen LogP contribution is 2.29. The average molecular weight is 398 g/mol. The molecule has 0 spiro atoms. The van der Waals surface area contributed by atoms with Gasteiger partial charge in [-0.3, -0.25) is 9.69 Å². The number of methoxy groups -OCH3 is 1. The van der Waals surface area contributed by atoms with Crippen LogP contribution < -0.4 is 5.32 Å². The van der Waals surface area contributed by atoms with Crippen molar-refractivity contribution in [3.8, 4) is 0 Å². The fourth-order valence-corrected chi connectivity index (χ4v) is 2.51. The molecule has 2 aromatic rings. The van der Waals surface area contributed by atoms with E-state index in [1.165, 1.54) is 19.2 Å². The number of esters is 1. The number of amides is 1. The molecule has 1 N–H and O–H groups in total. The second kappa shape index (κ2) is 8.47.